The van der Waals surface area contributed by atoms with E-state index in [1.807, 2.05) is 0 Å². The molecule has 0 aromatic heterocycles. The maximum absolute atomic E-state index is 12.9. The Morgan fingerprint density at radius 3 is 2.63 bits per heavy atom. The van der Waals surface area contributed by atoms with Gasteiger partial charge in [0.15, 0.2) is 0 Å². The van der Waals surface area contributed by atoms with Crippen molar-refractivity contribution in [2.75, 3.05) is 31.5 Å². The van der Waals surface area contributed by atoms with Crippen LogP contribution in [0.25, 0.3) is 0 Å². The molecule has 106 valence electrons. The summed E-state index contributed by atoms with van der Waals surface area (Å²) in [5.41, 5.74) is 0.465. The Hall–Kier alpha value is -1.33. The first kappa shape index (κ1) is 15.7. The quantitative estimate of drug-likeness (QED) is 0.845. The van der Waals surface area contributed by atoms with Crippen LogP contribution in [0.15, 0.2) is 18.2 Å². The van der Waals surface area contributed by atoms with Crippen molar-refractivity contribution in [2.24, 2.45) is 0 Å². The number of rotatable bonds is 6. The number of nitrogens with zero attached hydrogens (tertiary/aromatic N) is 1. The molecule has 0 aliphatic rings. The highest BCUT2D eigenvalue weighted by Crippen LogP contribution is 2.19. The van der Waals surface area contributed by atoms with E-state index in [1.165, 1.54) is 18.2 Å². The average Bonchev–Trinajstić information content (AvgIpc) is 2.39. The zero-order valence-corrected chi connectivity index (χ0v) is 11.9. The van der Waals surface area contributed by atoms with E-state index in [0.717, 1.165) is 19.6 Å². The molecule has 0 aliphatic carbocycles. The molecule has 0 bridgehead atoms. The number of hydrogen-bond acceptors (Lipinski definition) is 2. The summed E-state index contributed by atoms with van der Waals surface area (Å²) in [5, 5.41) is 5.32. The number of carbonyl (C=O) groups excluding carboxylic acids is 1. The van der Waals surface area contributed by atoms with Crippen molar-refractivity contribution in [3.8, 4) is 0 Å². The van der Waals surface area contributed by atoms with Crippen molar-refractivity contribution in [3.05, 3.63) is 29.0 Å². The fourth-order valence-electron chi connectivity index (χ4n) is 1.62. The number of benzene rings is 1. The minimum absolute atomic E-state index is 0.0130. The third-order valence-electron chi connectivity index (χ3n) is 2.79. The molecule has 1 rings (SSSR count). The van der Waals surface area contributed by atoms with Crippen molar-refractivity contribution in [1.29, 1.82) is 0 Å². The van der Waals surface area contributed by atoms with Gasteiger partial charge in [0.1, 0.15) is 5.82 Å². The monoisotopic (exact) mass is 287 g/mol. The number of nitrogens with one attached hydrogen (secondary N) is 2. The maximum atomic E-state index is 12.9. The summed E-state index contributed by atoms with van der Waals surface area (Å²) in [4.78, 5) is 13.8. The molecule has 2 N–H and O–H groups in total. The zero-order valence-electron chi connectivity index (χ0n) is 11.2. The molecule has 0 spiro atoms. The third kappa shape index (κ3) is 5.44. The summed E-state index contributed by atoms with van der Waals surface area (Å²) in [6, 6.07) is 3.73. The van der Waals surface area contributed by atoms with Crippen molar-refractivity contribution in [2.45, 2.75) is 13.8 Å². The predicted molar refractivity (Wildman–Crippen MR) is 76.2 cm³/mol. The van der Waals surface area contributed by atoms with E-state index in [1.54, 1.807) is 0 Å². The highest BCUT2D eigenvalue weighted by atomic mass is 35.5. The summed E-state index contributed by atoms with van der Waals surface area (Å²) >= 11 is 5.63. The van der Waals surface area contributed by atoms with Gasteiger partial charge < -0.3 is 15.5 Å². The van der Waals surface area contributed by atoms with E-state index in [0.29, 0.717) is 12.2 Å². The normalized spacial score (nSPS) is 10.6. The summed E-state index contributed by atoms with van der Waals surface area (Å²) in [6.45, 7) is 7.40. The Balaban J connectivity index is 2.36. The minimum atomic E-state index is -0.505. The molecule has 2 amide bonds. The zero-order chi connectivity index (χ0) is 14.3. The third-order valence-corrected chi connectivity index (χ3v) is 3.08. The fraction of sp³-hybridized carbons (Fsp3) is 0.462. The first-order valence-electron chi connectivity index (χ1n) is 6.29. The molecule has 0 radical (unpaired) electrons. The molecule has 0 unspecified atom stereocenters. The second kappa shape index (κ2) is 7.96. The van der Waals surface area contributed by atoms with Gasteiger partial charge in [-0.05, 0) is 31.3 Å². The van der Waals surface area contributed by atoms with Gasteiger partial charge in [0.05, 0.1) is 5.02 Å². The largest absolute Gasteiger partial charge is 0.337 e. The Kier molecular flexibility index (Phi) is 6.59. The Morgan fingerprint density at radius 2 is 2.05 bits per heavy atom. The van der Waals surface area contributed by atoms with Gasteiger partial charge in [0.2, 0.25) is 0 Å². The van der Waals surface area contributed by atoms with E-state index in [2.05, 4.69) is 29.4 Å². The van der Waals surface area contributed by atoms with Crippen molar-refractivity contribution >= 4 is 23.3 Å². The number of likely N-dealkylation sites (N-methyl/N-ethyl adjacent to an activating group) is 1. The molecule has 0 fully saturated rings. The number of amides is 2. The van der Waals surface area contributed by atoms with Crippen LogP contribution in [0, 0.1) is 5.82 Å². The van der Waals surface area contributed by atoms with Crippen LogP contribution in [0.1, 0.15) is 13.8 Å². The number of urea groups is 1. The second-order valence-electron chi connectivity index (χ2n) is 4.04. The molecular weight excluding hydrogens is 269 g/mol. The lowest BCUT2D eigenvalue weighted by Gasteiger charge is -2.18. The molecule has 0 aliphatic heterocycles. The van der Waals surface area contributed by atoms with E-state index < -0.39 is 5.82 Å². The molecule has 4 nitrogen and oxygen atoms in total. The van der Waals surface area contributed by atoms with Gasteiger partial charge in [0, 0.05) is 18.8 Å². The number of anilines is 1. The topological polar surface area (TPSA) is 44.4 Å². The number of carbonyl (C=O) groups is 1. The lowest BCUT2D eigenvalue weighted by molar-refractivity contribution is 0.248. The number of halogens is 2. The van der Waals surface area contributed by atoms with E-state index in [4.69, 9.17) is 11.6 Å². The second-order valence-corrected chi connectivity index (χ2v) is 4.44. The van der Waals surface area contributed by atoms with Crippen LogP contribution >= 0.6 is 11.6 Å². The Labute approximate surface area is 117 Å². The molecular formula is C13H19ClFN3O. The van der Waals surface area contributed by atoms with Crippen LogP contribution in [0.3, 0.4) is 0 Å². The van der Waals surface area contributed by atoms with Crippen molar-refractivity contribution in [3.63, 3.8) is 0 Å². The van der Waals surface area contributed by atoms with Crippen LogP contribution in [0.4, 0.5) is 14.9 Å². The standard InChI is InChI=1S/C13H19ClFN3O/c1-3-18(4-2)8-7-16-13(19)17-10-5-6-12(15)11(14)9-10/h5-6,9H,3-4,7-8H2,1-2H3,(H2,16,17,19). The molecule has 19 heavy (non-hydrogen) atoms. The Morgan fingerprint density at radius 1 is 1.37 bits per heavy atom. The highest BCUT2D eigenvalue weighted by Gasteiger charge is 2.05. The summed E-state index contributed by atoms with van der Waals surface area (Å²) < 4.78 is 12.9. The molecule has 0 heterocycles. The molecule has 6 heteroatoms. The van der Waals surface area contributed by atoms with Crippen LogP contribution in [0.2, 0.25) is 5.02 Å². The highest BCUT2D eigenvalue weighted by molar-refractivity contribution is 6.31. The molecule has 1 aromatic rings. The van der Waals surface area contributed by atoms with Gasteiger partial charge >= 0.3 is 6.03 Å². The first-order chi connectivity index (χ1) is 9.06. The van der Waals surface area contributed by atoms with Crippen molar-refractivity contribution in [1.82, 2.24) is 10.2 Å². The van der Waals surface area contributed by atoms with Gasteiger partial charge in [-0.1, -0.05) is 25.4 Å². The maximum Gasteiger partial charge on any atom is 0.319 e. The van der Waals surface area contributed by atoms with E-state index in [9.17, 15) is 9.18 Å². The SMILES string of the molecule is CCN(CC)CCNC(=O)Nc1ccc(F)c(Cl)c1. The first-order valence-corrected chi connectivity index (χ1v) is 6.66. The number of hydrogen-bond donors (Lipinski definition) is 2. The summed E-state index contributed by atoms with van der Waals surface area (Å²) in [6.07, 6.45) is 0. The average molecular weight is 288 g/mol. The van der Waals surface area contributed by atoms with Crippen LogP contribution in [-0.4, -0.2) is 37.1 Å². The van der Waals surface area contributed by atoms with Crippen LogP contribution < -0.4 is 10.6 Å². The minimum Gasteiger partial charge on any atom is -0.337 e. The summed E-state index contributed by atoms with van der Waals surface area (Å²) in [5.74, 6) is -0.505. The van der Waals surface area contributed by atoms with Gasteiger partial charge in [-0.25, -0.2) is 9.18 Å². The van der Waals surface area contributed by atoms with Crippen LogP contribution in [-0.2, 0) is 0 Å². The van der Waals surface area contributed by atoms with Gasteiger partial charge in [0.25, 0.3) is 0 Å². The van der Waals surface area contributed by atoms with Gasteiger partial charge in [-0.3, -0.25) is 0 Å². The molecule has 0 atom stereocenters. The lowest BCUT2D eigenvalue weighted by Crippen LogP contribution is -2.36. The summed E-state index contributed by atoms with van der Waals surface area (Å²) in [7, 11) is 0. The molecule has 1 aromatic carbocycles. The fourth-order valence-corrected chi connectivity index (χ4v) is 1.80. The van der Waals surface area contributed by atoms with Crippen LogP contribution in [0.5, 0.6) is 0 Å². The van der Waals surface area contributed by atoms with E-state index in [-0.39, 0.29) is 11.1 Å². The predicted octanol–water partition coefficient (Wildman–Crippen LogP) is 2.94. The van der Waals surface area contributed by atoms with Gasteiger partial charge in [-0.15, -0.1) is 0 Å². The van der Waals surface area contributed by atoms with Gasteiger partial charge in [-0.2, -0.15) is 0 Å². The molecule has 0 saturated carbocycles. The van der Waals surface area contributed by atoms with E-state index >= 15 is 0 Å². The molecule has 0 saturated heterocycles. The van der Waals surface area contributed by atoms with Crippen molar-refractivity contribution < 1.29 is 9.18 Å². The smallest absolute Gasteiger partial charge is 0.319 e. The lowest BCUT2D eigenvalue weighted by atomic mass is 10.3. The Bertz CT molecular complexity index is 424.